The molecule has 3 saturated carbocycles. The van der Waals surface area contributed by atoms with Gasteiger partial charge in [0.15, 0.2) is 5.79 Å². The van der Waals surface area contributed by atoms with Gasteiger partial charge in [0, 0.05) is 25.3 Å². The van der Waals surface area contributed by atoms with Gasteiger partial charge in [0.2, 0.25) is 0 Å². The molecular formula is C32H51NO4. The van der Waals surface area contributed by atoms with E-state index < -0.39 is 0 Å². The summed E-state index contributed by atoms with van der Waals surface area (Å²) in [6.45, 7) is 13.6. The van der Waals surface area contributed by atoms with E-state index in [1.165, 1.54) is 32.1 Å². The van der Waals surface area contributed by atoms with Crippen molar-refractivity contribution in [3.05, 3.63) is 11.6 Å². The Bertz CT molecular complexity index is 908. The second kappa shape index (κ2) is 9.54. The molecule has 4 aliphatic carbocycles. The van der Waals surface area contributed by atoms with Gasteiger partial charge >= 0.3 is 6.09 Å². The molecule has 1 amide bonds. The Morgan fingerprint density at radius 3 is 2.73 bits per heavy atom. The minimum atomic E-state index is -0.320. The highest BCUT2D eigenvalue weighted by Gasteiger charge is 2.68. The number of rotatable bonds is 4. The van der Waals surface area contributed by atoms with E-state index in [0.29, 0.717) is 35.8 Å². The maximum absolute atomic E-state index is 12.3. The van der Waals surface area contributed by atoms with E-state index in [1.807, 2.05) is 0 Å². The summed E-state index contributed by atoms with van der Waals surface area (Å²) in [7, 11) is 0. The largest absolute Gasteiger partial charge is 0.446 e. The molecule has 208 valence electrons. The van der Waals surface area contributed by atoms with E-state index in [4.69, 9.17) is 14.2 Å². The van der Waals surface area contributed by atoms with Crippen LogP contribution in [0.4, 0.5) is 4.79 Å². The van der Waals surface area contributed by atoms with E-state index in [2.05, 4.69) is 46.0 Å². The molecule has 0 aromatic heterocycles. The van der Waals surface area contributed by atoms with Crippen molar-refractivity contribution in [2.24, 2.45) is 46.3 Å². The van der Waals surface area contributed by atoms with Crippen molar-refractivity contribution in [1.29, 1.82) is 0 Å². The van der Waals surface area contributed by atoms with Gasteiger partial charge in [0.05, 0.1) is 12.7 Å². The van der Waals surface area contributed by atoms with Crippen LogP contribution in [0.15, 0.2) is 11.6 Å². The number of unbranched alkanes of at least 4 members (excludes halogenated alkanes) is 1. The highest BCUT2D eigenvalue weighted by molar-refractivity contribution is 5.67. The van der Waals surface area contributed by atoms with Crippen molar-refractivity contribution in [2.75, 3.05) is 13.2 Å². The van der Waals surface area contributed by atoms with Crippen LogP contribution in [0.5, 0.6) is 0 Å². The fourth-order valence-electron chi connectivity index (χ4n) is 10.3. The van der Waals surface area contributed by atoms with E-state index in [9.17, 15) is 4.79 Å². The molecule has 5 nitrogen and oxygen atoms in total. The molecule has 2 saturated heterocycles. The normalized spacial score (nSPS) is 50.5. The van der Waals surface area contributed by atoms with Crippen molar-refractivity contribution >= 4 is 6.09 Å². The lowest BCUT2D eigenvalue weighted by molar-refractivity contribution is -0.272. The number of allylic oxidation sites excluding steroid dienone is 1. The molecule has 11 atom stereocenters. The first-order valence-electron chi connectivity index (χ1n) is 15.7. The molecule has 0 radical (unpaired) electrons. The summed E-state index contributed by atoms with van der Waals surface area (Å²) in [5.41, 5.74) is 2.19. The number of hydrogen-bond donors (Lipinski definition) is 1. The Hall–Kier alpha value is -1.07. The zero-order valence-electron chi connectivity index (χ0n) is 24.0. The Morgan fingerprint density at radius 1 is 1.14 bits per heavy atom. The minimum absolute atomic E-state index is 0.0286. The van der Waals surface area contributed by atoms with Gasteiger partial charge in [-0.2, -0.15) is 0 Å². The van der Waals surface area contributed by atoms with Crippen LogP contribution in [0.25, 0.3) is 0 Å². The molecule has 37 heavy (non-hydrogen) atoms. The Morgan fingerprint density at radius 2 is 1.97 bits per heavy atom. The quantitative estimate of drug-likeness (QED) is 0.318. The SMILES string of the molecule is CCCCNC(=O)O[C@H]1CC[C@@]2(C)C(=CC[C@H]3[C@@H]4C[C@@H]5O[C@]6(CC[C@@H](C)CO6)[C@@H](C)[C@@H]5[C@@]4(C)CC[C@@H]32)C1. The summed E-state index contributed by atoms with van der Waals surface area (Å²) in [4.78, 5) is 12.3. The van der Waals surface area contributed by atoms with Gasteiger partial charge in [-0.15, -0.1) is 0 Å². The number of carbonyl (C=O) groups is 1. The van der Waals surface area contributed by atoms with Crippen LogP contribution in [0, 0.1) is 46.3 Å². The fourth-order valence-corrected chi connectivity index (χ4v) is 10.3. The summed E-state index contributed by atoms with van der Waals surface area (Å²) >= 11 is 0. The lowest BCUT2D eigenvalue weighted by Gasteiger charge is -2.58. The maximum Gasteiger partial charge on any atom is 0.407 e. The van der Waals surface area contributed by atoms with Gasteiger partial charge in [0.25, 0.3) is 0 Å². The second-order valence-electron chi connectivity index (χ2n) is 14.3. The molecule has 6 rings (SSSR count). The molecule has 2 heterocycles. The molecule has 0 unspecified atom stereocenters. The number of fused-ring (bicyclic) bond motifs is 7. The highest BCUT2D eigenvalue weighted by atomic mass is 16.7. The first kappa shape index (κ1) is 26.2. The predicted octanol–water partition coefficient (Wildman–Crippen LogP) is 7.25. The average molecular weight is 514 g/mol. The van der Waals surface area contributed by atoms with Crippen LogP contribution in [-0.4, -0.2) is 37.2 Å². The molecule has 0 bridgehead atoms. The van der Waals surface area contributed by atoms with Crippen LogP contribution in [0.2, 0.25) is 0 Å². The minimum Gasteiger partial charge on any atom is -0.446 e. The first-order chi connectivity index (χ1) is 17.7. The molecule has 6 aliphatic rings. The van der Waals surface area contributed by atoms with E-state index in [-0.39, 0.29) is 23.4 Å². The highest BCUT2D eigenvalue weighted by Crippen LogP contribution is 2.70. The number of carbonyl (C=O) groups excluding carboxylic acids is 1. The Labute approximate surface area is 224 Å². The summed E-state index contributed by atoms with van der Waals surface area (Å²) < 4.78 is 19.3. The molecule has 2 aliphatic heterocycles. The predicted molar refractivity (Wildman–Crippen MR) is 145 cm³/mol. The van der Waals surface area contributed by atoms with Crippen molar-refractivity contribution in [2.45, 2.75) is 123 Å². The van der Waals surface area contributed by atoms with Crippen molar-refractivity contribution < 1.29 is 19.0 Å². The van der Waals surface area contributed by atoms with Gasteiger partial charge in [-0.1, -0.05) is 52.7 Å². The molecule has 1 spiro atoms. The van der Waals surface area contributed by atoms with Crippen LogP contribution in [-0.2, 0) is 14.2 Å². The summed E-state index contributed by atoms with van der Waals surface area (Å²) in [6, 6.07) is 0. The maximum atomic E-state index is 12.3. The van der Waals surface area contributed by atoms with Crippen LogP contribution in [0.1, 0.15) is 105 Å². The molecule has 1 N–H and O–H groups in total. The van der Waals surface area contributed by atoms with Crippen LogP contribution >= 0.6 is 0 Å². The number of amides is 1. The van der Waals surface area contributed by atoms with Gasteiger partial charge in [-0.25, -0.2) is 4.79 Å². The van der Waals surface area contributed by atoms with Gasteiger partial charge in [-0.3, -0.25) is 0 Å². The van der Waals surface area contributed by atoms with Crippen LogP contribution in [0.3, 0.4) is 0 Å². The van der Waals surface area contributed by atoms with Crippen molar-refractivity contribution in [1.82, 2.24) is 5.32 Å². The lowest BCUT2D eigenvalue weighted by Crippen LogP contribution is -2.52. The summed E-state index contributed by atoms with van der Waals surface area (Å²) in [5.74, 6) is 3.70. The molecule has 5 heteroatoms. The fraction of sp³-hybridized carbons (Fsp3) is 0.906. The van der Waals surface area contributed by atoms with E-state index >= 15 is 0 Å². The molecule has 5 fully saturated rings. The van der Waals surface area contributed by atoms with Gasteiger partial charge in [0.1, 0.15) is 6.10 Å². The Kier molecular flexibility index (Phi) is 6.75. The lowest BCUT2D eigenvalue weighted by atomic mass is 9.47. The van der Waals surface area contributed by atoms with Crippen molar-refractivity contribution in [3.8, 4) is 0 Å². The van der Waals surface area contributed by atoms with Gasteiger partial charge in [-0.05, 0) is 91.8 Å². The number of nitrogens with one attached hydrogen (secondary N) is 1. The zero-order valence-corrected chi connectivity index (χ0v) is 24.0. The van der Waals surface area contributed by atoms with Crippen LogP contribution < -0.4 is 5.32 Å². The summed E-state index contributed by atoms with van der Waals surface area (Å²) in [5, 5.41) is 2.93. The number of ether oxygens (including phenoxy) is 3. The summed E-state index contributed by atoms with van der Waals surface area (Å²) in [6.07, 6.45) is 15.2. The van der Waals surface area contributed by atoms with E-state index in [0.717, 1.165) is 62.9 Å². The number of alkyl carbamates (subject to hydrolysis) is 1. The third kappa shape index (κ3) is 4.12. The third-order valence-electron chi connectivity index (χ3n) is 12.4. The van der Waals surface area contributed by atoms with Crippen molar-refractivity contribution in [3.63, 3.8) is 0 Å². The smallest absolute Gasteiger partial charge is 0.407 e. The average Bonchev–Trinajstić information content (AvgIpc) is 3.31. The number of hydrogen-bond acceptors (Lipinski definition) is 4. The topological polar surface area (TPSA) is 56.8 Å². The molecule has 0 aromatic carbocycles. The zero-order chi connectivity index (χ0) is 26.0. The molecule has 0 aromatic rings. The Balaban J connectivity index is 1.15. The van der Waals surface area contributed by atoms with E-state index in [1.54, 1.807) is 5.57 Å². The first-order valence-corrected chi connectivity index (χ1v) is 15.7. The monoisotopic (exact) mass is 513 g/mol. The second-order valence-corrected chi connectivity index (χ2v) is 14.3. The van der Waals surface area contributed by atoms with Gasteiger partial charge < -0.3 is 19.5 Å². The molecular weight excluding hydrogens is 462 g/mol. The standard InChI is InChI=1S/C32H51NO4/c1-6-7-16-33-29(34)36-23-11-13-30(4)22(17-23)8-9-24-25(30)12-14-31(5)26(24)18-27-28(31)21(3)32(37-27)15-10-20(2)19-35-32/h8,20-21,23-28H,6-7,9-19H2,1-5H3,(H,33,34)/t20-,21+,23+,24-,25+,26+,27+,28+,30+,31+,32-/m1/s1. The third-order valence-corrected chi connectivity index (χ3v) is 12.4.